The lowest BCUT2D eigenvalue weighted by atomic mass is 9.87. The summed E-state index contributed by atoms with van der Waals surface area (Å²) in [6.45, 7) is 10.2. The van der Waals surface area contributed by atoms with E-state index in [0.29, 0.717) is 6.04 Å². The van der Waals surface area contributed by atoms with Crippen LogP contribution in [0.4, 0.5) is 0 Å². The molecule has 2 fully saturated rings. The zero-order valence-corrected chi connectivity index (χ0v) is 15.0. The second kappa shape index (κ2) is 9.56. The summed E-state index contributed by atoms with van der Waals surface area (Å²) < 4.78 is 8.69. The molecular formula is C18H30N2OS. The molecule has 2 aliphatic rings. The summed E-state index contributed by atoms with van der Waals surface area (Å²) in [6, 6.07) is 7.53. The van der Waals surface area contributed by atoms with Gasteiger partial charge in [0.1, 0.15) is 0 Å². The Morgan fingerprint density at radius 2 is 1.95 bits per heavy atom. The van der Waals surface area contributed by atoms with Crippen LogP contribution in [0.25, 0.3) is 0 Å². The maximum atomic E-state index is 5.19. The van der Waals surface area contributed by atoms with Crippen LogP contribution in [0.1, 0.15) is 49.3 Å². The number of benzene rings is 1. The van der Waals surface area contributed by atoms with Crippen molar-refractivity contribution in [2.24, 2.45) is 0 Å². The summed E-state index contributed by atoms with van der Waals surface area (Å²) in [5.74, 6) is 1.79. The molecule has 0 bridgehead atoms. The molecule has 0 radical (unpaired) electrons. The molecule has 0 spiro atoms. The van der Waals surface area contributed by atoms with Crippen LogP contribution in [0.3, 0.4) is 0 Å². The maximum Gasteiger partial charge on any atom is 0.0651 e. The quantitative estimate of drug-likeness (QED) is 0.811. The third kappa shape index (κ3) is 4.98. The lowest BCUT2D eigenvalue weighted by molar-refractivity contribution is 0.00599. The van der Waals surface area contributed by atoms with Gasteiger partial charge in [0.05, 0.1) is 19.3 Å². The molecule has 1 aromatic carbocycles. The number of hydrogen-bond acceptors (Lipinski definition) is 4. The molecule has 2 N–H and O–H groups in total. The van der Waals surface area contributed by atoms with Gasteiger partial charge in [-0.3, -0.25) is 4.72 Å². The Labute approximate surface area is 139 Å². The van der Waals surface area contributed by atoms with Crippen molar-refractivity contribution >= 4 is 11.9 Å². The average Bonchev–Trinajstić information content (AvgIpc) is 2.53. The van der Waals surface area contributed by atoms with E-state index in [1.807, 2.05) is 25.8 Å². The van der Waals surface area contributed by atoms with Gasteiger partial charge < -0.3 is 10.1 Å². The van der Waals surface area contributed by atoms with Crippen molar-refractivity contribution in [3.05, 3.63) is 34.9 Å². The molecule has 0 saturated carbocycles. The Morgan fingerprint density at radius 3 is 2.59 bits per heavy atom. The smallest absolute Gasteiger partial charge is 0.0651 e. The Balaban J connectivity index is 0.000000847. The molecular weight excluding hydrogens is 292 g/mol. The summed E-state index contributed by atoms with van der Waals surface area (Å²) in [6.07, 6.45) is 2.54. The highest BCUT2D eigenvalue weighted by atomic mass is 32.2. The second-order valence-corrected chi connectivity index (χ2v) is 6.68. The molecule has 0 amide bonds. The Morgan fingerprint density at radius 1 is 1.23 bits per heavy atom. The first kappa shape index (κ1) is 17.8. The first-order valence-corrected chi connectivity index (χ1v) is 9.56. The Bertz CT molecular complexity index is 443. The Kier molecular flexibility index (Phi) is 7.73. The summed E-state index contributed by atoms with van der Waals surface area (Å²) in [5.41, 5.74) is 4.44. The van der Waals surface area contributed by atoms with Crippen molar-refractivity contribution in [2.45, 2.75) is 51.3 Å². The molecule has 3 nitrogen and oxygen atoms in total. The largest absolute Gasteiger partial charge is 0.378 e. The van der Waals surface area contributed by atoms with Gasteiger partial charge in [-0.2, -0.15) is 0 Å². The van der Waals surface area contributed by atoms with Gasteiger partial charge in [-0.1, -0.05) is 49.6 Å². The zero-order chi connectivity index (χ0) is 15.8. The van der Waals surface area contributed by atoms with Gasteiger partial charge in [-0.25, -0.2) is 0 Å². The van der Waals surface area contributed by atoms with Gasteiger partial charge in [0.2, 0.25) is 0 Å². The van der Waals surface area contributed by atoms with E-state index in [1.54, 1.807) is 5.56 Å². The molecule has 124 valence electrons. The van der Waals surface area contributed by atoms with E-state index in [1.165, 1.54) is 24.0 Å². The third-order valence-corrected chi connectivity index (χ3v) is 5.15. The lowest BCUT2D eigenvalue weighted by Gasteiger charge is -2.27. The maximum absolute atomic E-state index is 5.19. The molecule has 3 rings (SSSR count). The predicted octanol–water partition coefficient (Wildman–Crippen LogP) is 3.62. The summed E-state index contributed by atoms with van der Waals surface area (Å²) in [5, 5.41) is 3.46. The fourth-order valence-corrected chi connectivity index (χ4v) is 3.79. The van der Waals surface area contributed by atoms with Crippen LogP contribution < -0.4 is 10.0 Å². The molecule has 0 aliphatic carbocycles. The van der Waals surface area contributed by atoms with Crippen LogP contribution in [0.15, 0.2) is 18.2 Å². The highest BCUT2D eigenvalue weighted by Gasteiger charge is 2.20. The predicted molar refractivity (Wildman–Crippen MR) is 96.4 cm³/mol. The van der Waals surface area contributed by atoms with Crippen LogP contribution in [0.2, 0.25) is 0 Å². The zero-order valence-electron chi connectivity index (χ0n) is 14.2. The standard InChI is InChI=1S/C16H24N2OS.C2H6/c1-12-2-3-16(13-4-6-17-7-5-13)14(8-12)11-20-18-15-9-19-10-15;1-2/h2-3,8,13,15,17-18H,4-7,9-11H2,1H3;1-2H3. The Hall–Kier alpha value is -0.550. The normalized spacial score (nSPS) is 19.2. The van der Waals surface area contributed by atoms with E-state index >= 15 is 0 Å². The van der Waals surface area contributed by atoms with E-state index < -0.39 is 0 Å². The van der Waals surface area contributed by atoms with Crippen molar-refractivity contribution in [2.75, 3.05) is 26.3 Å². The molecule has 2 aliphatic heterocycles. The summed E-state index contributed by atoms with van der Waals surface area (Å²) >= 11 is 1.83. The second-order valence-electron chi connectivity index (χ2n) is 5.87. The number of nitrogens with one attached hydrogen (secondary N) is 2. The molecule has 0 unspecified atom stereocenters. The minimum atomic E-state index is 0.548. The van der Waals surface area contributed by atoms with Crippen molar-refractivity contribution < 1.29 is 4.74 Å². The van der Waals surface area contributed by atoms with Crippen molar-refractivity contribution in [1.82, 2.24) is 10.0 Å². The number of rotatable bonds is 5. The topological polar surface area (TPSA) is 33.3 Å². The number of piperidine rings is 1. The van der Waals surface area contributed by atoms with E-state index in [0.717, 1.165) is 38.0 Å². The summed E-state index contributed by atoms with van der Waals surface area (Å²) in [7, 11) is 0. The van der Waals surface area contributed by atoms with Crippen LogP contribution in [0.5, 0.6) is 0 Å². The minimum Gasteiger partial charge on any atom is -0.378 e. The summed E-state index contributed by atoms with van der Waals surface area (Å²) in [4.78, 5) is 0. The monoisotopic (exact) mass is 322 g/mol. The van der Waals surface area contributed by atoms with Crippen LogP contribution in [0, 0.1) is 6.92 Å². The van der Waals surface area contributed by atoms with Crippen LogP contribution in [-0.2, 0) is 10.5 Å². The van der Waals surface area contributed by atoms with Crippen molar-refractivity contribution in [3.8, 4) is 0 Å². The van der Waals surface area contributed by atoms with Gasteiger partial charge in [-0.15, -0.1) is 0 Å². The first-order chi connectivity index (χ1) is 10.8. The molecule has 2 saturated heterocycles. The highest BCUT2D eigenvalue weighted by Crippen LogP contribution is 2.30. The lowest BCUT2D eigenvalue weighted by Crippen LogP contribution is -2.42. The van der Waals surface area contributed by atoms with Crippen molar-refractivity contribution in [3.63, 3.8) is 0 Å². The van der Waals surface area contributed by atoms with Crippen LogP contribution in [-0.4, -0.2) is 32.3 Å². The van der Waals surface area contributed by atoms with E-state index in [-0.39, 0.29) is 0 Å². The molecule has 4 heteroatoms. The minimum absolute atomic E-state index is 0.548. The van der Waals surface area contributed by atoms with Gasteiger partial charge in [0.15, 0.2) is 0 Å². The first-order valence-electron chi connectivity index (χ1n) is 8.58. The highest BCUT2D eigenvalue weighted by molar-refractivity contribution is 7.96. The molecule has 0 aromatic heterocycles. The fourth-order valence-electron chi connectivity index (χ4n) is 2.93. The SMILES string of the molecule is CC.Cc1ccc(C2CCNCC2)c(CSNC2COC2)c1. The van der Waals surface area contributed by atoms with Gasteiger partial charge >= 0.3 is 0 Å². The molecule has 0 atom stereocenters. The third-order valence-electron chi connectivity index (χ3n) is 4.19. The van der Waals surface area contributed by atoms with Gasteiger partial charge in [0, 0.05) is 5.75 Å². The molecule has 22 heavy (non-hydrogen) atoms. The van der Waals surface area contributed by atoms with Crippen molar-refractivity contribution in [1.29, 1.82) is 0 Å². The van der Waals surface area contributed by atoms with Gasteiger partial charge in [0.25, 0.3) is 0 Å². The number of hydrogen-bond donors (Lipinski definition) is 2. The van der Waals surface area contributed by atoms with Crippen LogP contribution >= 0.6 is 11.9 Å². The fraction of sp³-hybridized carbons (Fsp3) is 0.667. The van der Waals surface area contributed by atoms with E-state index in [9.17, 15) is 0 Å². The number of ether oxygens (including phenoxy) is 1. The number of aryl methyl sites for hydroxylation is 1. The molecule has 2 heterocycles. The van der Waals surface area contributed by atoms with E-state index in [4.69, 9.17) is 4.74 Å². The molecule has 1 aromatic rings. The van der Waals surface area contributed by atoms with E-state index in [2.05, 4.69) is 35.2 Å². The average molecular weight is 323 g/mol. The van der Waals surface area contributed by atoms with Gasteiger partial charge in [-0.05, 0) is 49.9 Å².